The van der Waals surface area contributed by atoms with Gasteiger partial charge in [0.05, 0.1) is 0 Å². The summed E-state index contributed by atoms with van der Waals surface area (Å²) in [5.74, 6) is -1.68. The van der Waals surface area contributed by atoms with E-state index in [1.165, 1.54) is 18.3 Å². The molecule has 0 bridgehead atoms. The van der Waals surface area contributed by atoms with Crippen molar-refractivity contribution < 1.29 is 31.5 Å². The number of nitrogens with one attached hydrogen (secondary N) is 1. The van der Waals surface area contributed by atoms with Crippen molar-refractivity contribution >= 4 is 33.5 Å². The number of nitrogens with two attached hydrogens (primary N) is 1. The van der Waals surface area contributed by atoms with Gasteiger partial charge in [-0.1, -0.05) is 0 Å². The number of carbonyl (C=O) groups excluding carboxylic acids is 1. The topological polar surface area (TPSA) is 89.6 Å². The van der Waals surface area contributed by atoms with Gasteiger partial charge in [-0.3, -0.25) is 4.79 Å². The Morgan fingerprint density at radius 1 is 1.33 bits per heavy atom. The number of aromatic nitrogens is 1. The molecule has 0 saturated heterocycles. The molecule has 2 atom stereocenters. The van der Waals surface area contributed by atoms with E-state index in [1.807, 2.05) is 0 Å². The van der Waals surface area contributed by atoms with Crippen molar-refractivity contribution in [3.8, 4) is 0 Å². The molecule has 6 nitrogen and oxygen atoms in total. The molecule has 30 heavy (non-hydrogen) atoms. The fourth-order valence-electron chi connectivity index (χ4n) is 2.94. The number of pyridine rings is 1. The summed E-state index contributed by atoms with van der Waals surface area (Å²) in [5, 5.41) is 2.43. The lowest BCUT2D eigenvalue weighted by atomic mass is 9.86. The van der Waals surface area contributed by atoms with Crippen LogP contribution in [0.5, 0.6) is 0 Å². The molecule has 2 aromatic rings. The molecule has 1 aromatic heterocycles. The highest BCUT2D eigenvalue weighted by molar-refractivity contribution is 9.10. The standard InChI is InChI=1S/C18H14BrF5N4O2/c19-9-1-4-13(26-7-9)15(29)27-10-2-3-12(21)11(5-10)17(8-20)6-14(18(22,23)24)28-16(25)30-17/h1-5,7,14H,6,8H2,(H2,25,28)(H,27,29)/t14-,17+/m0/s1. The number of hydrogen-bond acceptors (Lipinski definition) is 5. The molecule has 12 heteroatoms. The average molecular weight is 493 g/mol. The van der Waals surface area contributed by atoms with Gasteiger partial charge in [0.1, 0.15) is 18.2 Å². The predicted octanol–water partition coefficient (Wildman–Crippen LogP) is 4.07. The van der Waals surface area contributed by atoms with Crippen LogP contribution in [0, 0.1) is 5.82 Å². The van der Waals surface area contributed by atoms with Gasteiger partial charge in [-0.15, -0.1) is 0 Å². The number of anilines is 1. The number of rotatable bonds is 4. The van der Waals surface area contributed by atoms with Crippen molar-refractivity contribution in [1.29, 1.82) is 0 Å². The van der Waals surface area contributed by atoms with E-state index in [1.54, 1.807) is 6.07 Å². The lowest BCUT2D eigenvalue weighted by molar-refractivity contribution is -0.167. The summed E-state index contributed by atoms with van der Waals surface area (Å²) in [6.07, 6.45) is -4.46. The summed E-state index contributed by atoms with van der Waals surface area (Å²) in [5.41, 5.74) is 2.48. The fourth-order valence-corrected chi connectivity index (χ4v) is 3.18. The number of amides is 1. The zero-order valence-electron chi connectivity index (χ0n) is 15.0. The van der Waals surface area contributed by atoms with Crippen LogP contribution >= 0.6 is 15.9 Å². The van der Waals surface area contributed by atoms with Gasteiger partial charge in [-0.25, -0.2) is 18.8 Å². The Balaban J connectivity index is 1.94. The van der Waals surface area contributed by atoms with E-state index in [9.17, 15) is 26.7 Å². The molecular formula is C18H14BrF5N4O2. The van der Waals surface area contributed by atoms with Crippen molar-refractivity contribution in [3.05, 3.63) is 58.1 Å². The number of halogens is 6. The Morgan fingerprint density at radius 3 is 2.67 bits per heavy atom. The number of aliphatic imine (C=N–C) groups is 1. The maximum atomic E-state index is 14.5. The monoisotopic (exact) mass is 492 g/mol. The minimum Gasteiger partial charge on any atom is -0.451 e. The molecule has 0 radical (unpaired) electrons. The van der Waals surface area contributed by atoms with Gasteiger partial charge in [0, 0.05) is 28.3 Å². The SMILES string of the molecule is NC1=N[C@H](C(F)(F)F)C[C@@](CF)(c2cc(NC(=O)c3ccc(Br)cn3)ccc2F)O1. The second kappa shape index (κ2) is 8.17. The molecule has 2 heterocycles. The average Bonchev–Trinajstić information content (AvgIpc) is 2.68. The van der Waals surface area contributed by atoms with E-state index in [-0.39, 0.29) is 11.4 Å². The highest BCUT2D eigenvalue weighted by Crippen LogP contribution is 2.42. The molecule has 3 N–H and O–H groups in total. The Morgan fingerprint density at radius 2 is 2.07 bits per heavy atom. The van der Waals surface area contributed by atoms with E-state index in [4.69, 9.17) is 10.5 Å². The third-order valence-electron chi connectivity index (χ3n) is 4.37. The number of ether oxygens (including phenoxy) is 1. The zero-order chi connectivity index (χ0) is 22.1. The van der Waals surface area contributed by atoms with E-state index in [2.05, 4.69) is 31.2 Å². The number of amidine groups is 1. The first-order chi connectivity index (χ1) is 14.0. The van der Waals surface area contributed by atoms with Crippen molar-refractivity contribution in [2.24, 2.45) is 10.7 Å². The third-order valence-corrected chi connectivity index (χ3v) is 4.84. The summed E-state index contributed by atoms with van der Waals surface area (Å²) >= 11 is 3.18. The van der Waals surface area contributed by atoms with E-state index in [0.29, 0.717) is 4.47 Å². The molecule has 0 aliphatic carbocycles. The molecule has 0 saturated carbocycles. The van der Waals surface area contributed by atoms with Gasteiger partial charge in [-0.05, 0) is 46.3 Å². The minimum atomic E-state index is -4.83. The highest BCUT2D eigenvalue weighted by atomic mass is 79.9. The lowest BCUT2D eigenvalue weighted by Crippen LogP contribution is -2.48. The third kappa shape index (κ3) is 4.53. The maximum Gasteiger partial charge on any atom is 0.411 e. The van der Waals surface area contributed by atoms with Crippen LogP contribution in [0.25, 0.3) is 0 Å². The first-order valence-electron chi connectivity index (χ1n) is 8.42. The van der Waals surface area contributed by atoms with Crippen LogP contribution < -0.4 is 11.1 Å². The van der Waals surface area contributed by atoms with Crippen LogP contribution in [-0.4, -0.2) is 35.8 Å². The highest BCUT2D eigenvalue weighted by Gasteiger charge is 2.52. The number of benzene rings is 1. The lowest BCUT2D eigenvalue weighted by Gasteiger charge is -2.38. The number of alkyl halides is 4. The Bertz CT molecular complexity index is 984. The Labute approximate surface area is 175 Å². The Kier molecular flexibility index (Phi) is 5.97. The summed E-state index contributed by atoms with van der Waals surface area (Å²) in [7, 11) is 0. The van der Waals surface area contributed by atoms with Crippen LogP contribution in [0.2, 0.25) is 0 Å². The zero-order valence-corrected chi connectivity index (χ0v) is 16.6. The quantitative estimate of drug-likeness (QED) is 0.629. The number of nitrogens with zero attached hydrogens (tertiary/aromatic N) is 2. The van der Waals surface area contributed by atoms with Crippen molar-refractivity contribution in [2.45, 2.75) is 24.2 Å². The van der Waals surface area contributed by atoms with Crippen LogP contribution in [0.1, 0.15) is 22.5 Å². The molecule has 0 spiro atoms. The van der Waals surface area contributed by atoms with Crippen LogP contribution in [0.4, 0.5) is 27.6 Å². The van der Waals surface area contributed by atoms with Gasteiger partial charge in [0.15, 0.2) is 11.6 Å². The summed E-state index contributed by atoms with van der Waals surface area (Å²) in [6.45, 7) is -1.50. The molecule has 160 valence electrons. The van der Waals surface area contributed by atoms with Crippen LogP contribution in [0.3, 0.4) is 0 Å². The molecule has 1 aliphatic rings. The van der Waals surface area contributed by atoms with Gasteiger partial charge < -0.3 is 15.8 Å². The normalized spacial score (nSPS) is 21.5. The summed E-state index contributed by atoms with van der Waals surface area (Å²) < 4.78 is 73.7. The van der Waals surface area contributed by atoms with Crippen molar-refractivity contribution in [1.82, 2.24) is 4.98 Å². The number of hydrogen-bond donors (Lipinski definition) is 2. The van der Waals surface area contributed by atoms with Crippen molar-refractivity contribution in [3.63, 3.8) is 0 Å². The second-order valence-electron chi connectivity index (χ2n) is 6.47. The molecular weight excluding hydrogens is 479 g/mol. The summed E-state index contributed by atoms with van der Waals surface area (Å²) in [6, 6.07) is 2.76. The smallest absolute Gasteiger partial charge is 0.411 e. The largest absolute Gasteiger partial charge is 0.451 e. The Hall–Kier alpha value is -2.76. The molecule has 0 unspecified atom stereocenters. The van der Waals surface area contributed by atoms with E-state index in [0.717, 1.165) is 12.1 Å². The second-order valence-corrected chi connectivity index (χ2v) is 7.38. The molecule has 0 fully saturated rings. The molecule has 1 amide bonds. The van der Waals surface area contributed by atoms with Gasteiger partial charge in [0.2, 0.25) is 0 Å². The van der Waals surface area contributed by atoms with Crippen LogP contribution in [0.15, 0.2) is 46.0 Å². The van der Waals surface area contributed by atoms with Gasteiger partial charge in [0.25, 0.3) is 11.9 Å². The maximum absolute atomic E-state index is 14.5. The predicted molar refractivity (Wildman–Crippen MR) is 101 cm³/mol. The molecule has 1 aromatic carbocycles. The minimum absolute atomic E-state index is 0.00202. The van der Waals surface area contributed by atoms with Gasteiger partial charge >= 0.3 is 6.18 Å². The first-order valence-corrected chi connectivity index (χ1v) is 9.21. The van der Waals surface area contributed by atoms with Crippen LogP contribution in [-0.2, 0) is 10.3 Å². The number of carbonyl (C=O) groups is 1. The summed E-state index contributed by atoms with van der Waals surface area (Å²) in [4.78, 5) is 19.4. The molecule has 3 rings (SSSR count). The molecule has 1 aliphatic heterocycles. The van der Waals surface area contributed by atoms with E-state index < -0.39 is 54.2 Å². The van der Waals surface area contributed by atoms with Gasteiger partial charge in [-0.2, -0.15) is 13.2 Å². The van der Waals surface area contributed by atoms with Crippen molar-refractivity contribution in [2.75, 3.05) is 12.0 Å². The fraction of sp³-hybridized carbons (Fsp3) is 0.278. The van der Waals surface area contributed by atoms with E-state index >= 15 is 0 Å². The first kappa shape index (κ1) is 21.9.